The first kappa shape index (κ1) is 33.4. The minimum absolute atomic E-state index is 0.0309. The van der Waals surface area contributed by atoms with Gasteiger partial charge in [0.2, 0.25) is 0 Å². The fraction of sp³-hybridized carbons (Fsp3) is 0.909. The number of hydrogen-bond donors (Lipinski definition) is 7. The molecule has 4 fully saturated rings. The van der Waals surface area contributed by atoms with Crippen molar-refractivity contribution in [2.75, 3.05) is 6.61 Å². The Kier molecular flexibility index (Phi) is 9.08. The largest absolute Gasteiger partial charge is 0.394 e. The van der Waals surface area contributed by atoms with Gasteiger partial charge in [-0.15, -0.1) is 0 Å². The molecule has 7 N–H and O–H groups in total. The highest BCUT2D eigenvalue weighted by molar-refractivity contribution is 5.95. The highest BCUT2D eigenvalue weighted by Crippen LogP contribution is 2.68. The predicted molar refractivity (Wildman–Crippen MR) is 156 cm³/mol. The smallest absolute Gasteiger partial charge is 0.187 e. The molecule has 246 valence electrons. The Morgan fingerprint density at radius 1 is 1.02 bits per heavy atom. The molecule has 5 rings (SSSR count). The summed E-state index contributed by atoms with van der Waals surface area (Å²) < 4.78 is 11.5. The lowest BCUT2D eigenvalue weighted by Gasteiger charge is -2.59. The molecule has 14 atom stereocenters. The third kappa shape index (κ3) is 5.46. The number of allylic oxidation sites excluding steroid dienone is 1. The third-order valence-electron chi connectivity index (χ3n) is 12.7. The lowest BCUT2D eigenvalue weighted by Crippen LogP contribution is -2.60. The summed E-state index contributed by atoms with van der Waals surface area (Å²) in [5.74, 6) is -0.155. The predicted octanol–water partition coefficient (Wildman–Crippen LogP) is 1.59. The monoisotopic (exact) mass is 610 g/mol. The fourth-order valence-corrected chi connectivity index (χ4v) is 9.77. The van der Waals surface area contributed by atoms with E-state index in [4.69, 9.17) is 9.47 Å². The van der Waals surface area contributed by atoms with Crippen molar-refractivity contribution >= 4 is 5.78 Å². The van der Waals surface area contributed by atoms with Crippen molar-refractivity contribution in [2.45, 2.75) is 147 Å². The highest BCUT2D eigenvalue weighted by Gasteiger charge is 2.66. The second-order valence-electron chi connectivity index (χ2n) is 15.5. The summed E-state index contributed by atoms with van der Waals surface area (Å²) in [6, 6.07) is 0. The summed E-state index contributed by atoms with van der Waals surface area (Å²) in [4.78, 5) is 13.4. The Morgan fingerprint density at radius 2 is 1.72 bits per heavy atom. The molecule has 10 heteroatoms. The van der Waals surface area contributed by atoms with Crippen LogP contribution in [-0.2, 0) is 14.3 Å². The topological polar surface area (TPSA) is 177 Å². The van der Waals surface area contributed by atoms with Crippen molar-refractivity contribution in [2.24, 2.45) is 34.5 Å². The number of carbonyl (C=O) groups is 1. The lowest BCUT2D eigenvalue weighted by atomic mass is 9.46. The number of fused-ring (bicyclic) bond motifs is 5. The first-order valence-corrected chi connectivity index (χ1v) is 16.3. The molecule has 5 aliphatic rings. The summed E-state index contributed by atoms with van der Waals surface area (Å²) in [5, 5.41) is 74.2. The minimum atomic E-state index is -1.53. The Hall–Kier alpha value is -0.950. The normalized spacial score (nSPS) is 48.1. The summed E-state index contributed by atoms with van der Waals surface area (Å²) in [7, 11) is 0. The van der Waals surface area contributed by atoms with Crippen LogP contribution in [0.1, 0.15) is 92.4 Å². The van der Waals surface area contributed by atoms with Crippen LogP contribution in [0.3, 0.4) is 0 Å². The Bertz CT molecular complexity index is 1080. The molecule has 0 aromatic heterocycles. The second-order valence-corrected chi connectivity index (χ2v) is 15.5. The molecule has 1 saturated heterocycles. The zero-order valence-electron chi connectivity index (χ0n) is 26.4. The molecule has 0 bridgehead atoms. The molecular weight excluding hydrogens is 556 g/mol. The summed E-state index contributed by atoms with van der Waals surface area (Å²) >= 11 is 0. The molecule has 0 aromatic rings. The molecule has 1 heterocycles. The molecular formula is C33H54O10. The first-order valence-electron chi connectivity index (χ1n) is 16.3. The van der Waals surface area contributed by atoms with Crippen LogP contribution < -0.4 is 0 Å². The van der Waals surface area contributed by atoms with Crippen molar-refractivity contribution in [3.63, 3.8) is 0 Å². The van der Waals surface area contributed by atoms with E-state index in [1.54, 1.807) is 19.9 Å². The average molecular weight is 611 g/mol. The van der Waals surface area contributed by atoms with Gasteiger partial charge in [0.15, 0.2) is 12.1 Å². The van der Waals surface area contributed by atoms with Gasteiger partial charge in [0.25, 0.3) is 0 Å². The number of carbonyl (C=O) groups excluding carboxylic acids is 1. The molecule has 10 nitrogen and oxygen atoms in total. The van der Waals surface area contributed by atoms with E-state index in [1.807, 2.05) is 6.92 Å². The van der Waals surface area contributed by atoms with Crippen molar-refractivity contribution in [3.8, 4) is 0 Å². The number of aliphatic hydroxyl groups excluding tert-OH is 6. The van der Waals surface area contributed by atoms with E-state index >= 15 is 0 Å². The maximum Gasteiger partial charge on any atom is 0.187 e. The van der Waals surface area contributed by atoms with Crippen LogP contribution in [0.25, 0.3) is 0 Å². The Labute approximate surface area is 255 Å². The van der Waals surface area contributed by atoms with Crippen molar-refractivity contribution in [1.82, 2.24) is 0 Å². The van der Waals surface area contributed by atoms with Gasteiger partial charge in [0.1, 0.15) is 24.4 Å². The van der Waals surface area contributed by atoms with E-state index in [-0.39, 0.29) is 34.9 Å². The zero-order chi connectivity index (χ0) is 31.7. The van der Waals surface area contributed by atoms with Gasteiger partial charge in [-0.05, 0) is 106 Å². The summed E-state index contributed by atoms with van der Waals surface area (Å²) in [6.07, 6.45) is -0.486. The van der Waals surface area contributed by atoms with Gasteiger partial charge in [0, 0.05) is 11.3 Å². The molecule has 1 unspecified atom stereocenters. The van der Waals surface area contributed by atoms with Crippen LogP contribution in [0.5, 0.6) is 0 Å². The Morgan fingerprint density at radius 3 is 2.40 bits per heavy atom. The van der Waals surface area contributed by atoms with E-state index in [2.05, 4.69) is 13.8 Å². The SMILES string of the molecule is C[C@H]([C@H](O)CCC(C)(C)O[C@@H]1O[C@H](CO)[C@@H](O)[C@H](O)[C@H]1O)[C@H]1CC[C@@]2(O)C3=CC(=O)[C@@H]4C[C@@H](O)CC[C@]4(C)C3CC[C@]12C. The summed E-state index contributed by atoms with van der Waals surface area (Å²) in [6.45, 7) is 9.40. The summed E-state index contributed by atoms with van der Waals surface area (Å²) in [5.41, 5.74) is -1.85. The number of ether oxygens (including phenoxy) is 2. The number of ketones is 1. The maximum absolute atomic E-state index is 13.4. The Balaban J connectivity index is 1.26. The molecule has 4 aliphatic carbocycles. The van der Waals surface area contributed by atoms with E-state index < -0.39 is 66.1 Å². The molecule has 3 saturated carbocycles. The molecule has 0 amide bonds. The zero-order valence-corrected chi connectivity index (χ0v) is 26.4. The van der Waals surface area contributed by atoms with Crippen molar-refractivity contribution < 1.29 is 50.0 Å². The maximum atomic E-state index is 13.4. The molecule has 0 radical (unpaired) electrons. The van der Waals surface area contributed by atoms with Gasteiger partial charge in [-0.3, -0.25) is 4.79 Å². The standard InChI is InChI=1S/C33H54O10/c1-17(23(36)9-10-30(2,3)43-29-28(40)27(39)26(38)25(16-34)42-29)19-8-13-33(41)21-15-24(37)22-14-18(35)6-11-31(22,4)20(21)7-12-32(19,33)5/h15,17-20,22-23,25-29,34-36,38-41H,6-14,16H2,1-5H3/t17-,18-,19+,20?,22-,23+,25+,26+,27-,28+,29-,31+,32+,33+/m0/s1. The van der Waals surface area contributed by atoms with Gasteiger partial charge < -0.3 is 45.2 Å². The van der Waals surface area contributed by atoms with Gasteiger partial charge in [-0.2, -0.15) is 0 Å². The van der Waals surface area contributed by atoms with Crippen LogP contribution >= 0.6 is 0 Å². The molecule has 0 aromatic carbocycles. The number of aliphatic hydroxyl groups is 7. The van der Waals surface area contributed by atoms with Gasteiger partial charge in [0.05, 0.1) is 30.0 Å². The highest BCUT2D eigenvalue weighted by atomic mass is 16.7. The number of rotatable bonds is 8. The number of hydrogen-bond acceptors (Lipinski definition) is 10. The van der Waals surface area contributed by atoms with Gasteiger partial charge >= 0.3 is 0 Å². The fourth-order valence-electron chi connectivity index (χ4n) is 9.77. The van der Waals surface area contributed by atoms with Crippen LogP contribution in [0, 0.1) is 34.5 Å². The van der Waals surface area contributed by atoms with Crippen LogP contribution in [0.2, 0.25) is 0 Å². The molecule has 0 spiro atoms. The van der Waals surface area contributed by atoms with E-state index in [0.29, 0.717) is 32.1 Å². The van der Waals surface area contributed by atoms with E-state index in [1.165, 1.54) is 0 Å². The van der Waals surface area contributed by atoms with Gasteiger partial charge in [-0.25, -0.2) is 0 Å². The van der Waals surface area contributed by atoms with E-state index in [9.17, 15) is 40.5 Å². The van der Waals surface area contributed by atoms with Gasteiger partial charge in [-0.1, -0.05) is 20.8 Å². The molecule has 43 heavy (non-hydrogen) atoms. The minimum Gasteiger partial charge on any atom is -0.394 e. The first-order chi connectivity index (χ1) is 20.0. The van der Waals surface area contributed by atoms with Crippen LogP contribution in [0.4, 0.5) is 0 Å². The van der Waals surface area contributed by atoms with Crippen LogP contribution in [0.15, 0.2) is 11.6 Å². The van der Waals surface area contributed by atoms with E-state index in [0.717, 1.165) is 31.3 Å². The quantitative estimate of drug-likeness (QED) is 0.214. The van der Waals surface area contributed by atoms with Crippen LogP contribution in [-0.4, -0.2) is 102 Å². The van der Waals surface area contributed by atoms with Crippen molar-refractivity contribution in [1.29, 1.82) is 0 Å². The molecule has 1 aliphatic heterocycles. The lowest BCUT2D eigenvalue weighted by molar-refractivity contribution is -0.324. The second kappa shape index (κ2) is 11.7. The van der Waals surface area contributed by atoms with Crippen molar-refractivity contribution in [3.05, 3.63) is 11.6 Å². The average Bonchev–Trinajstić information content (AvgIpc) is 3.24. The third-order valence-corrected chi connectivity index (χ3v) is 12.7.